The van der Waals surface area contributed by atoms with E-state index in [1.807, 2.05) is 12.3 Å². The first-order valence-corrected chi connectivity index (χ1v) is 9.66. The lowest BCUT2D eigenvalue weighted by molar-refractivity contribution is 0.402. The highest BCUT2D eigenvalue weighted by Gasteiger charge is 2.38. The number of aromatic nitrogens is 3. The third-order valence-electron chi connectivity index (χ3n) is 5.70. The summed E-state index contributed by atoms with van der Waals surface area (Å²) >= 11 is 0. The Labute approximate surface area is 160 Å². The van der Waals surface area contributed by atoms with Crippen molar-refractivity contribution in [1.29, 1.82) is 0 Å². The lowest BCUT2D eigenvalue weighted by Crippen LogP contribution is -2.29. The largest absolute Gasteiger partial charge is 0.280 e. The minimum atomic E-state index is -0.130. The van der Waals surface area contributed by atoms with Gasteiger partial charge in [-0.25, -0.2) is 9.97 Å². The summed E-state index contributed by atoms with van der Waals surface area (Å²) < 4.78 is 2.29. The van der Waals surface area contributed by atoms with Gasteiger partial charge in [0.2, 0.25) is 0 Å². The van der Waals surface area contributed by atoms with E-state index in [2.05, 4.69) is 75.4 Å². The van der Waals surface area contributed by atoms with Gasteiger partial charge in [-0.2, -0.15) is 0 Å². The standard InChI is InChI=1S/C24H25N3/c1-23(2,3)14-19-21-24(4,5)18-13-16-9-7-6-8-15(16)12-17(18)22-25-11-10-20(26-19)27(21)22/h6-13H,14H2,1-5H3. The average molecular weight is 355 g/mol. The van der Waals surface area contributed by atoms with Gasteiger partial charge in [-0.1, -0.05) is 58.9 Å². The maximum absolute atomic E-state index is 5.04. The van der Waals surface area contributed by atoms with Crippen LogP contribution in [0.15, 0.2) is 48.7 Å². The van der Waals surface area contributed by atoms with E-state index in [0.29, 0.717) is 0 Å². The van der Waals surface area contributed by atoms with E-state index in [1.165, 1.54) is 33.3 Å². The lowest BCUT2D eigenvalue weighted by Gasteiger charge is -2.34. The van der Waals surface area contributed by atoms with Crippen LogP contribution in [0.5, 0.6) is 0 Å². The zero-order chi connectivity index (χ0) is 19.0. The number of rotatable bonds is 1. The molecule has 0 saturated heterocycles. The molecule has 3 heteroatoms. The molecule has 3 heterocycles. The molecule has 0 aliphatic carbocycles. The SMILES string of the molecule is CC(C)(C)Cc1nc2ccnc3n2c1C(C)(C)c1cc2ccccc2cc1-3. The summed E-state index contributed by atoms with van der Waals surface area (Å²) in [6.45, 7) is 11.5. The van der Waals surface area contributed by atoms with Crippen molar-refractivity contribution >= 4 is 16.4 Å². The molecule has 27 heavy (non-hydrogen) atoms. The predicted octanol–water partition coefficient (Wildman–Crippen LogP) is 5.78. The highest BCUT2D eigenvalue weighted by molar-refractivity contribution is 5.90. The molecule has 1 aliphatic heterocycles. The van der Waals surface area contributed by atoms with Gasteiger partial charge in [0.15, 0.2) is 0 Å². The zero-order valence-electron chi connectivity index (χ0n) is 16.7. The molecule has 2 aromatic heterocycles. The summed E-state index contributed by atoms with van der Waals surface area (Å²) in [7, 11) is 0. The summed E-state index contributed by atoms with van der Waals surface area (Å²) in [4.78, 5) is 9.82. The Morgan fingerprint density at radius 2 is 1.70 bits per heavy atom. The molecular weight excluding hydrogens is 330 g/mol. The molecule has 5 rings (SSSR count). The molecule has 0 unspecified atom stereocenters. The van der Waals surface area contributed by atoms with Crippen LogP contribution in [0.3, 0.4) is 0 Å². The molecule has 1 aliphatic rings. The van der Waals surface area contributed by atoms with E-state index in [9.17, 15) is 0 Å². The molecule has 4 aromatic rings. The van der Waals surface area contributed by atoms with Crippen LogP contribution in [0.2, 0.25) is 0 Å². The van der Waals surface area contributed by atoms with Crippen molar-refractivity contribution in [3.63, 3.8) is 0 Å². The molecule has 0 radical (unpaired) electrons. The third kappa shape index (κ3) is 2.34. The molecule has 2 aromatic carbocycles. The Hall–Kier alpha value is -2.68. The second-order valence-corrected chi connectivity index (χ2v) is 9.48. The molecule has 0 atom stereocenters. The van der Waals surface area contributed by atoms with Crippen LogP contribution in [0, 0.1) is 5.41 Å². The van der Waals surface area contributed by atoms with Crippen LogP contribution < -0.4 is 0 Å². The number of hydrogen-bond acceptors (Lipinski definition) is 2. The molecule has 0 saturated carbocycles. The minimum absolute atomic E-state index is 0.130. The Kier molecular flexibility index (Phi) is 3.17. The van der Waals surface area contributed by atoms with Gasteiger partial charge in [-0.15, -0.1) is 0 Å². The van der Waals surface area contributed by atoms with Gasteiger partial charge >= 0.3 is 0 Å². The highest BCUT2D eigenvalue weighted by atomic mass is 15.1. The van der Waals surface area contributed by atoms with Gasteiger partial charge in [0.05, 0.1) is 11.4 Å². The first-order valence-electron chi connectivity index (χ1n) is 9.66. The van der Waals surface area contributed by atoms with Crippen molar-refractivity contribution in [2.45, 2.75) is 46.5 Å². The van der Waals surface area contributed by atoms with Crippen molar-refractivity contribution in [3.8, 4) is 11.4 Å². The van der Waals surface area contributed by atoms with E-state index in [1.54, 1.807) is 0 Å². The maximum atomic E-state index is 5.04. The third-order valence-corrected chi connectivity index (χ3v) is 5.70. The molecule has 0 amide bonds. The van der Waals surface area contributed by atoms with Crippen LogP contribution in [-0.2, 0) is 11.8 Å². The molecule has 0 fully saturated rings. The van der Waals surface area contributed by atoms with Crippen LogP contribution in [-0.4, -0.2) is 14.4 Å². The Bertz CT molecular complexity index is 1210. The Balaban J connectivity index is 1.90. The van der Waals surface area contributed by atoms with Crippen LogP contribution in [0.25, 0.3) is 27.8 Å². The van der Waals surface area contributed by atoms with Crippen molar-refractivity contribution in [2.75, 3.05) is 0 Å². The summed E-state index contributed by atoms with van der Waals surface area (Å²) in [5, 5.41) is 2.53. The fourth-order valence-electron chi connectivity index (χ4n) is 4.57. The van der Waals surface area contributed by atoms with Crippen molar-refractivity contribution < 1.29 is 0 Å². The monoisotopic (exact) mass is 355 g/mol. The predicted molar refractivity (Wildman–Crippen MR) is 111 cm³/mol. The van der Waals surface area contributed by atoms with Gasteiger partial charge in [-0.3, -0.25) is 4.40 Å². The fraction of sp³-hybridized carbons (Fsp3) is 0.333. The molecular formula is C24H25N3. The van der Waals surface area contributed by atoms with E-state index in [-0.39, 0.29) is 10.8 Å². The Morgan fingerprint density at radius 1 is 1.00 bits per heavy atom. The van der Waals surface area contributed by atoms with Gasteiger partial charge in [0.1, 0.15) is 11.5 Å². The van der Waals surface area contributed by atoms with Gasteiger partial charge in [0, 0.05) is 17.2 Å². The number of fused-ring (bicyclic) bond motifs is 3. The van der Waals surface area contributed by atoms with E-state index in [0.717, 1.165) is 17.9 Å². The molecule has 0 bridgehead atoms. The van der Waals surface area contributed by atoms with Crippen molar-refractivity contribution in [2.24, 2.45) is 5.41 Å². The first kappa shape index (κ1) is 16.5. The number of hydrogen-bond donors (Lipinski definition) is 0. The lowest BCUT2D eigenvalue weighted by atomic mass is 9.74. The van der Waals surface area contributed by atoms with Crippen molar-refractivity contribution in [3.05, 3.63) is 65.6 Å². The maximum Gasteiger partial charge on any atom is 0.146 e. The smallest absolute Gasteiger partial charge is 0.146 e. The number of benzene rings is 2. The minimum Gasteiger partial charge on any atom is -0.280 e. The molecule has 3 nitrogen and oxygen atoms in total. The van der Waals surface area contributed by atoms with Crippen LogP contribution in [0.1, 0.15) is 51.6 Å². The topological polar surface area (TPSA) is 30.2 Å². The first-order chi connectivity index (χ1) is 12.8. The highest BCUT2D eigenvalue weighted by Crippen LogP contribution is 2.46. The molecule has 136 valence electrons. The van der Waals surface area contributed by atoms with Crippen LogP contribution in [0.4, 0.5) is 0 Å². The second kappa shape index (κ2) is 5.19. The van der Waals surface area contributed by atoms with Crippen LogP contribution >= 0.6 is 0 Å². The van der Waals surface area contributed by atoms with Gasteiger partial charge in [0.25, 0.3) is 0 Å². The normalized spacial score (nSPS) is 15.3. The number of imidazole rings is 1. The zero-order valence-corrected chi connectivity index (χ0v) is 16.7. The Morgan fingerprint density at radius 3 is 2.41 bits per heavy atom. The summed E-state index contributed by atoms with van der Waals surface area (Å²) in [5.41, 5.74) is 6.10. The summed E-state index contributed by atoms with van der Waals surface area (Å²) in [5.74, 6) is 1.01. The fourth-order valence-corrected chi connectivity index (χ4v) is 4.57. The van der Waals surface area contributed by atoms with E-state index in [4.69, 9.17) is 9.97 Å². The van der Waals surface area contributed by atoms with Gasteiger partial charge < -0.3 is 0 Å². The number of nitrogens with zero attached hydrogens (tertiary/aromatic N) is 3. The quantitative estimate of drug-likeness (QED) is 0.433. The van der Waals surface area contributed by atoms with E-state index < -0.39 is 0 Å². The van der Waals surface area contributed by atoms with E-state index >= 15 is 0 Å². The van der Waals surface area contributed by atoms with Crippen molar-refractivity contribution in [1.82, 2.24) is 14.4 Å². The summed E-state index contributed by atoms with van der Waals surface area (Å²) in [6.07, 6.45) is 2.84. The van der Waals surface area contributed by atoms with Gasteiger partial charge in [-0.05, 0) is 46.4 Å². The molecule has 0 spiro atoms. The average Bonchev–Trinajstić information content (AvgIpc) is 2.96. The second-order valence-electron chi connectivity index (χ2n) is 9.48. The summed E-state index contributed by atoms with van der Waals surface area (Å²) in [6, 6.07) is 15.3. The molecule has 0 N–H and O–H groups in total.